The molecule has 0 bridgehead atoms. The van der Waals surface area contributed by atoms with Crippen molar-refractivity contribution in [2.24, 2.45) is 0 Å². The molecule has 0 radical (unpaired) electrons. The highest BCUT2D eigenvalue weighted by Crippen LogP contribution is 2.28. The number of nitro benzene ring substituents is 1. The quantitative estimate of drug-likeness (QED) is 0.590. The van der Waals surface area contributed by atoms with Gasteiger partial charge in [0.2, 0.25) is 5.82 Å². The number of rotatable bonds is 2. The molecule has 0 fully saturated rings. The van der Waals surface area contributed by atoms with Crippen molar-refractivity contribution in [3.05, 3.63) is 64.2 Å². The Morgan fingerprint density at radius 2 is 1.65 bits per heavy atom. The molecule has 0 atom stereocenters. The van der Waals surface area contributed by atoms with E-state index in [0.29, 0.717) is 5.56 Å². The van der Waals surface area contributed by atoms with Gasteiger partial charge in [0.05, 0.1) is 4.92 Å². The minimum absolute atomic E-state index is 0.274. The molecule has 5 heteroatoms. The molecule has 0 aliphatic carbocycles. The maximum atomic E-state index is 13.2. The number of hydrogen-bond donors (Lipinski definition) is 0. The van der Waals surface area contributed by atoms with Crippen LogP contribution in [0.5, 0.6) is 0 Å². The van der Waals surface area contributed by atoms with E-state index in [0.717, 1.165) is 12.1 Å². The lowest BCUT2D eigenvalue weighted by Gasteiger charge is -2.03. The first-order valence-electron chi connectivity index (χ1n) is 4.78. The largest absolute Gasteiger partial charge is 0.308 e. The molecule has 0 heterocycles. The maximum Gasteiger partial charge on any atom is 0.308 e. The highest BCUT2D eigenvalue weighted by Gasteiger charge is 2.20. The molecule has 0 saturated heterocycles. The summed E-state index contributed by atoms with van der Waals surface area (Å²) >= 11 is 0. The Hall–Kier alpha value is -2.30. The second-order valence-electron chi connectivity index (χ2n) is 3.41. The van der Waals surface area contributed by atoms with Crippen LogP contribution in [0.4, 0.5) is 14.5 Å². The zero-order valence-corrected chi connectivity index (χ0v) is 8.56. The van der Waals surface area contributed by atoms with Gasteiger partial charge in [-0.2, -0.15) is 4.39 Å². The Bertz CT molecular complexity index is 570. The van der Waals surface area contributed by atoms with Gasteiger partial charge in [0, 0.05) is 6.07 Å². The van der Waals surface area contributed by atoms with Crippen LogP contribution in [0.2, 0.25) is 0 Å². The molecular weight excluding hydrogens is 228 g/mol. The Balaban J connectivity index is 2.61. The lowest BCUT2D eigenvalue weighted by atomic mass is 10.0. The second-order valence-corrected chi connectivity index (χ2v) is 3.41. The lowest BCUT2D eigenvalue weighted by molar-refractivity contribution is -0.387. The van der Waals surface area contributed by atoms with Gasteiger partial charge >= 0.3 is 5.69 Å². The summed E-state index contributed by atoms with van der Waals surface area (Å²) in [6, 6.07) is 10.5. The second kappa shape index (κ2) is 4.29. The molecule has 0 amide bonds. The van der Waals surface area contributed by atoms with Crippen LogP contribution in [0.1, 0.15) is 0 Å². The van der Waals surface area contributed by atoms with Crippen molar-refractivity contribution in [3.63, 3.8) is 0 Å². The lowest BCUT2D eigenvalue weighted by Crippen LogP contribution is -1.96. The molecule has 0 unspecified atom stereocenters. The van der Waals surface area contributed by atoms with Crippen LogP contribution in [-0.4, -0.2) is 4.92 Å². The maximum absolute atomic E-state index is 13.2. The van der Waals surface area contributed by atoms with E-state index in [-0.39, 0.29) is 5.56 Å². The Morgan fingerprint density at radius 1 is 1.00 bits per heavy atom. The number of nitrogens with zero attached hydrogens (tertiary/aromatic N) is 1. The van der Waals surface area contributed by atoms with E-state index in [1.807, 2.05) is 0 Å². The van der Waals surface area contributed by atoms with Crippen molar-refractivity contribution in [2.75, 3.05) is 0 Å². The van der Waals surface area contributed by atoms with Gasteiger partial charge in [0.15, 0.2) is 5.82 Å². The summed E-state index contributed by atoms with van der Waals surface area (Å²) in [6.07, 6.45) is 0. The molecular formula is C12H7F2NO2. The van der Waals surface area contributed by atoms with Crippen LogP contribution < -0.4 is 0 Å². The summed E-state index contributed by atoms with van der Waals surface area (Å²) in [5.74, 6) is -2.66. The zero-order valence-electron chi connectivity index (χ0n) is 8.56. The number of benzene rings is 2. The number of halogens is 2. The normalized spacial score (nSPS) is 10.2. The zero-order chi connectivity index (χ0) is 12.4. The average molecular weight is 235 g/mol. The van der Waals surface area contributed by atoms with Gasteiger partial charge in [-0.05, 0) is 17.2 Å². The predicted octanol–water partition coefficient (Wildman–Crippen LogP) is 3.54. The minimum Gasteiger partial charge on any atom is -0.258 e. The van der Waals surface area contributed by atoms with Crippen LogP contribution in [0.15, 0.2) is 42.5 Å². The Labute approximate surface area is 95.5 Å². The summed E-state index contributed by atoms with van der Waals surface area (Å²) in [6.45, 7) is 0. The Kier molecular flexibility index (Phi) is 2.82. The van der Waals surface area contributed by atoms with Crippen molar-refractivity contribution in [3.8, 4) is 11.1 Å². The molecule has 2 aromatic carbocycles. The van der Waals surface area contributed by atoms with E-state index in [2.05, 4.69) is 0 Å². The molecule has 2 aromatic rings. The van der Waals surface area contributed by atoms with Crippen LogP contribution in [-0.2, 0) is 0 Å². The highest BCUT2D eigenvalue weighted by molar-refractivity contribution is 5.66. The monoisotopic (exact) mass is 235 g/mol. The molecule has 86 valence electrons. The molecule has 2 rings (SSSR count). The van der Waals surface area contributed by atoms with E-state index >= 15 is 0 Å². The minimum atomic E-state index is -1.44. The van der Waals surface area contributed by atoms with Gasteiger partial charge in [0.1, 0.15) is 0 Å². The van der Waals surface area contributed by atoms with Crippen LogP contribution in [0, 0.1) is 21.7 Å². The van der Waals surface area contributed by atoms with Gasteiger partial charge in [0.25, 0.3) is 0 Å². The van der Waals surface area contributed by atoms with Crippen molar-refractivity contribution < 1.29 is 13.7 Å². The van der Waals surface area contributed by atoms with Crippen molar-refractivity contribution in [1.82, 2.24) is 0 Å². The fourth-order valence-electron chi connectivity index (χ4n) is 1.50. The summed E-state index contributed by atoms with van der Waals surface area (Å²) < 4.78 is 26.3. The molecule has 0 aliphatic heterocycles. The summed E-state index contributed by atoms with van der Waals surface area (Å²) in [5.41, 5.74) is 0.00885. The molecule has 0 saturated carbocycles. The smallest absolute Gasteiger partial charge is 0.258 e. The SMILES string of the molecule is O=[N+]([O-])c1cc(-c2ccccc2)cc(F)c1F. The fourth-order valence-corrected chi connectivity index (χ4v) is 1.50. The van der Waals surface area contributed by atoms with Crippen LogP contribution in [0.3, 0.4) is 0 Å². The van der Waals surface area contributed by atoms with E-state index < -0.39 is 22.2 Å². The van der Waals surface area contributed by atoms with Crippen molar-refractivity contribution in [2.45, 2.75) is 0 Å². The number of nitro groups is 1. The number of hydrogen-bond acceptors (Lipinski definition) is 2. The third-order valence-corrected chi connectivity index (χ3v) is 2.31. The van der Waals surface area contributed by atoms with Crippen molar-refractivity contribution in [1.29, 1.82) is 0 Å². The van der Waals surface area contributed by atoms with Gasteiger partial charge < -0.3 is 0 Å². The van der Waals surface area contributed by atoms with E-state index in [1.165, 1.54) is 0 Å². The van der Waals surface area contributed by atoms with Crippen molar-refractivity contribution >= 4 is 5.69 Å². The molecule has 0 aromatic heterocycles. The predicted molar refractivity (Wildman–Crippen MR) is 58.4 cm³/mol. The topological polar surface area (TPSA) is 43.1 Å². The summed E-state index contributed by atoms with van der Waals surface area (Å²) in [4.78, 5) is 9.62. The first-order valence-corrected chi connectivity index (χ1v) is 4.78. The standard InChI is InChI=1S/C12H7F2NO2/c13-10-6-9(8-4-2-1-3-5-8)7-11(12(10)14)15(16)17/h1-7H. The first-order chi connectivity index (χ1) is 8.09. The van der Waals surface area contributed by atoms with E-state index in [9.17, 15) is 18.9 Å². The molecule has 17 heavy (non-hydrogen) atoms. The van der Waals surface area contributed by atoms with Crippen LogP contribution >= 0.6 is 0 Å². The molecule has 0 N–H and O–H groups in total. The van der Waals surface area contributed by atoms with Gasteiger partial charge in [-0.3, -0.25) is 10.1 Å². The third-order valence-electron chi connectivity index (χ3n) is 2.31. The highest BCUT2D eigenvalue weighted by atomic mass is 19.2. The Morgan fingerprint density at radius 3 is 2.24 bits per heavy atom. The summed E-state index contributed by atoms with van der Waals surface area (Å²) in [7, 11) is 0. The van der Waals surface area contributed by atoms with Gasteiger partial charge in [-0.1, -0.05) is 30.3 Å². The van der Waals surface area contributed by atoms with Gasteiger partial charge in [-0.15, -0.1) is 0 Å². The first kappa shape index (κ1) is 11.2. The van der Waals surface area contributed by atoms with E-state index in [1.54, 1.807) is 30.3 Å². The summed E-state index contributed by atoms with van der Waals surface area (Å²) in [5, 5.41) is 10.6. The fraction of sp³-hybridized carbons (Fsp3) is 0. The molecule has 0 aliphatic rings. The molecule has 3 nitrogen and oxygen atoms in total. The third kappa shape index (κ3) is 2.13. The van der Waals surface area contributed by atoms with Gasteiger partial charge in [-0.25, -0.2) is 4.39 Å². The van der Waals surface area contributed by atoms with Crippen LogP contribution in [0.25, 0.3) is 11.1 Å². The average Bonchev–Trinajstić information content (AvgIpc) is 2.33. The molecule has 0 spiro atoms. The van der Waals surface area contributed by atoms with E-state index in [4.69, 9.17) is 0 Å².